The fourth-order valence-electron chi connectivity index (χ4n) is 2.51. The minimum Gasteiger partial charge on any atom is -0.406 e. The number of anilines is 1. The normalized spacial score (nSPS) is 12.0. The second-order valence-electron chi connectivity index (χ2n) is 6.29. The molecule has 0 bridgehead atoms. The van der Waals surface area contributed by atoms with E-state index in [-0.39, 0.29) is 22.7 Å². The van der Waals surface area contributed by atoms with Crippen molar-refractivity contribution >= 4 is 46.6 Å². The Balaban J connectivity index is 2.12. The number of hydrogen-bond acceptors (Lipinski definition) is 6. The summed E-state index contributed by atoms with van der Waals surface area (Å²) in [5.41, 5.74) is -0.322. The molecule has 0 radical (unpaired) electrons. The molecule has 0 aliphatic heterocycles. The van der Waals surface area contributed by atoms with Crippen LogP contribution in [0.25, 0.3) is 0 Å². The van der Waals surface area contributed by atoms with Crippen molar-refractivity contribution in [3.63, 3.8) is 0 Å². The number of nitro groups is 1. The van der Waals surface area contributed by atoms with Crippen molar-refractivity contribution in [1.29, 1.82) is 0 Å². The summed E-state index contributed by atoms with van der Waals surface area (Å²) in [6.45, 7) is 0. The molecular weight excluding hydrogens is 475 g/mol. The number of halogens is 4. The van der Waals surface area contributed by atoms with Gasteiger partial charge >= 0.3 is 6.36 Å². The zero-order valence-corrected chi connectivity index (χ0v) is 18.0. The number of hydrogen-bond donors (Lipinski definition) is 2. The quantitative estimate of drug-likeness (QED) is 0.390. The smallest absolute Gasteiger partial charge is 0.406 e. The number of thioether (sulfide) groups is 1. The van der Waals surface area contributed by atoms with E-state index in [1.165, 1.54) is 36.0 Å². The molecule has 0 heterocycles. The highest BCUT2D eigenvalue weighted by molar-refractivity contribution is 7.98. The molecule has 0 fully saturated rings. The number of nitrogens with zero attached hydrogens (tertiary/aromatic N) is 1. The summed E-state index contributed by atoms with van der Waals surface area (Å²) in [5, 5.41) is 15.9. The van der Waals surface area contributed by atoms with E-state index < -0.39 is 40.6 Å². The van der Waals surface area contributed by atoms with Gasteiger partial charge in [-0.1, -0.05) is 11.6 Å². The number of benzene rings is 2. The number of rotatable bonds is 9. The molecule has 13 heteroatoms. The van der Waals surface area contributed by atoms with Crippen molar-refractivity contribution < 1.29 is 32.4 Å². The summed E-state index contributed by atoms with van der Waals surface area (Å²) < 4.78 is 40.5. The Morgan fingerprint density at radius 1 is 1.22 bits per heavy atom. The first-order valence-electron chi connectivity index (χ1n) is 8.90. The Labute approximate surface area is 189 Å². The van der Waals surface area contributed by atoms with Crippen molar-refractivity contribution in [2.45, 2.75) is 18.8 Å². The van der Waals surface area contributed by atoms with Crippen LogP contribution in [-0.4, -0.2) is 41.2 Å². The lowest BCUT2D eigenvalue weighted by molar-refractivity contribution is -0.384. The van der Waals surface area contributed by atoms with Crippen molar-refractivity contribution in [2.75, 3.05) is 17.3 Å². The van der Waals surface area contributed by atoms with Gasteiger partial charge < -0.3 is 15.4 Å². The van der Waals surface area contributed by atoms with Gasteiger partial charge in [0.2, 0.25) is 5.91 Å². The molecule has 0 saturated heterocycles. The van der Waals surface area contributed by atoms with Gasteiger partial charge in [0.05, 0.1) is 4.92 Å². The van der Waals surface area contributed by atoms with Gasteiger partial charge in [-0.15, -0.1) is 13.2 Å². The highest BCUT2D eigenvalue weighted by atomic mass is 35.5. The molecule has 8 nitrogen and oxygen atoms in total. The van der Waals surface area contributed by atoms with Crippen LogP contribution in [-0.2, 0) is 4.79 Å². The summed E-state index contributed by atoms with van der Waals surface area (Å²) in [7, 11) is 0. The fourth-order valence-corrected chi connectivity index (χ4v) is 3.17. The number of carbonyl (C=O) groups is 2. The minimum absolute atomic E-state index is 0.0586. The van der Waals surface area contributed by atoms with Crippen LogP contribution in [0.5, 0.6) is 5.75 Å². The van der Waals surface area contributed by atoms with E-state index in [1.54, 1.807) is 6.26 Å². The average Bonchev–Trinajstić information content (AvgIpc) is 2.71. The molecule has 2 aromatic rings. The van der Waals surface area contributed by atoms with Crippen LogP contribution >= 0.6 is 23.4 Å². The molecule has 0 aromatic heterocycles. The van der Waals surface area contributed by atoms with Crippen LogP contribution < -0.4 is 15.4 Å². The van der Waals surface area contributed by atoms with E-state index in [0.717, 1.165) is 18.2 Å². The van der Waals surface area contributed by atoms with Gasteiger partial charge in [-0.2, -0.15) is 11.8 Å². The molecule has 0 saturated carbocycles. The number of amides is 2. The maximum Gasteiger partial charge on any atom is 0.573 e. The standard InChI is InChI=1S/C19H17ClF3N3O5S/c1-32-9-8-15(25-17(27)11-2-7-14(20)16(10-11)26(29)30)18(28)24-12-3-5-13(6-4-12)31-19(21,22)23/h2-7,10,15H,8-9H2,1H3,(H,24,28)(H,25,27). The third-order valence-corrected chi connectivity index (χ3v) is 4.96. The summed E-state index contributed by atoms with van der Waals surface area (Å²) in [4.78, 5) is 35.5. The molecule has 2 rings (SSSR count). The van der Waals surface area contributed by atoms with Crippen molar-refractivity contribution in [2.24, 2.45) is 0 Å². The third kappa shape index (κ3) is 7.61. The van der Waals surface area contributed by atoms with Crippen LogP contribution in [0.2, 0.25) is 5.02 Å². The second kappa shape index (κ2) is 11.0. The Hall–Kier alpha value is -2.99. The highest BCUT2D eigenvalue weighted by Gasteiger charge is 2.31. The summed E-state index contributed by atoms with van der Waals surface area (Å²) in [5.74, 6) is -1.27. The third-order valence-electron chi connectivity index (χ3n) is 3.99. The predicted molar refractivity (Wildman–Crippen MR) is 114 cm³/mol. The first-order chi connectivity index (χ1) is 15.0. The number of ether oxygens (including phenoxy) is 1. The second-order valence-corrected chi connectivity index (χ2v) is 7.69. The average molecular weight is 492 g/mol. The van der Waals surface area contributed by atoms with E-state index in [2.05, 4.69) is 15.4 Å². The molecule has 0 spiro atoms. The zero-order valence-electron chi connectivity index (χ0n) is 16.4. The Bertz CT molecular complexity index is 989. The maximum absolute atomic E-state index is 12.7. The van der Waals surface area contributed by atoms with Crippen LogP contribution in [0.15, 0.2) is 42.5 Å². The van der Waals surface area contributed by atoms with E-state index >= 15 is 0 Å². The summed E-state index contributed by atoms with van der Waals surface area (Å²) in [6.07, 6.45) is -2.79. The first-order valence-corrected chi connectivity index (χ1v) is 10.7. The molecule has 32 heavy (non-hydrogen) atoms. The van der Waals surface area contributed by atoms with Gasteiger partial charge in [-0.05, 0) is 54.8 Å². The maximum atomic E-state index is 12.7. The van der Waals surface area contributed by atoms with Gasteiger partial charge in [-0.25, -0.2) is 0 Å². The molecule has 0 aliphatic carbocycles. The zero-order chi connectivity index (χ0) is 23.9. The number of nitrogens with one attached hydrogen (secondary N) is 2. The van der Waals surface area contributed by atoms with Crippen LogP contribution in [0.1, 0.15) is 16.8 Å². The van der Waals surface area contributed by atoms with E-state index in [1.807, 2.05) is 0 Å². The Morgan fingerprint density at radius 3 is 2.44 bits per heavy atom. The molecule has 2 amide bonds. The predicted octanol–water partition coefficient (Wildman–Crippen LogP) is 4.64. The summed E-state index contributed by atoms with van der Waals surface area (Å²) in [6, 6.07) is 6.99. The largest absolute Gasteiger partial charge is 0.573 e. The van der Waals surface area contributed by atoms with Gasteiger partial charge in [0.15, 0.2) is 0 Å². The Morgan fingerprint density at radius 2 is 1.88 bits per heavy atom. The lowest BCUT2D eigenvalue weighted by Gasteiger charge is -2.18. The van der Waals surface area contributed by atoms with Gasteiger partial charge in [0.1, 0.15) is 16.8 Å². The topological polar surface area (TPSA) is 111 Å². The van der Waals surface area contributed by atoms with Crippen molar-refractivity contribution in [3.05, 3.63) is 63.2 Å². The number of nitro benzene ring substituents is 1. The molecule has 172 valence electrons. The molecule has 0 aliphatic rings. The fraction of sp³-hybridized carbons (Fsp3) is 0.263. The van der Waals surface area contributed by atoms with E-state index in [0.29, 0.717) is 5.75 Å². The lowest BCUT2D eigenvalue weighted by Crippen LogP contribution is -2.44. The molecular formula is C19H17ClF3N3O5S. The van der Waals surface area contributed by atoms with Crippen LogP contribution in [0, 0.1) is 10.1 Å². The highest BCUT2D eigenvalue weighted by Crippen LogP contribution is 2.26. The van der Waals surface area contributed by atoms with Crippen molar-refractivity contribution in [1.82, 2.24) is 5.32 Å². The molecule has 1 atom stereocenters. The molecule has 2 aromatic carbocycles. The lowest BCUT2D eigenvalue weighted by atomic mass is 10.1. The Kier molecular flexibility index (Phi) is 8.72. The molecule has 2 N–H and O–H groups in total. The number of alkyl halides is 3. The van der Waals surface area contributed by atoms with Gasteiger partial charge in [0.25, 0.3) is 11.6 Å². The van der Waals surface area contributed by atoms with E-state index in [4.69, 9.17) is 11.6 Å². The first kappa shape index (κ1) is 25.3. The monoisotopic (exact) mass is 491 g/mol. The summed E-state index contributed by atoms with van der Waals surface area (Å²) >= 11 is 7.18. The minimum atomic E-state index is -4.84. The van der Waals surface area contributed by atoms with Crippen LogP contribution in [0.4, 0.5) is 24.5 Å². The SMILES string of the molecule is CSCCC(NC(=O)c1ccc(Cl)c([N+](=O)[O-])c1)C(=O)Nc1ccc(OC(F)(F)F)cc1. The van der Waals surface area contributed by atoms with Crippen LogP contribution in [0.3, 0.4) is 0 Å². The number of carbonyl (C=O) groups excluding carboxylic acids is 2. The van der Waals surface area contributed by atoms with Crippen molar-refractivity contribution in [3.8, 4) is 5.75 Å². The molecule has 1 unspecified atom stereocenters. The van der Waals surface area contributed by atoms with Gasteiger partial charge in [0, 0.05) is 17.3 Å². The van der Waals surface area contributed by atoms with E-state index in [9.17, 15) is 32.9 Å². The van der Waals surface area contributed by atoms with Gasteiger partial charge in [-0.3, -0.25) is 19.7 Å².